The molecule has 0 unspecified atom stereocenters. The Morgan fingerprint density at radius 1 is 1.16 bits per heavy atom. The standard InChI is InChI=1S/C16H22INO/c1-2-3-4-5-6-11-18-15-9-8-14(17)12-13(15)7-10-16(18)19/h8-9,12H,2-7,10-11H2,1H3. The smallest absolute Gasteiger partial charge is 0.227 e. The first-order chi connectivity index (χ1) is 9.22. The minimum absolute atomic E-state index is 0.296. The summed E-state index contributed by atoms with van der Waals surface area (Å²) in [6.45, 7) is 3.11. The van der Waals surface area contributed by atoms with E-state index in [9.17, 15) is 4.79 Å². The summed E-state index contributed by atoms with van der Waals surface area (Å²) in [5.74, 6) is 0.296. The van der Waals surface area contributed by atoms with Crippen LogP contribution in [0.2, 0.25) is 0 Å². The lowest BCUT2D eigenvalue weighted by atomic mass is 10.0. The van der Waals surface area contributed by atoms with Gasteiger partial charge in [0.2, 0.25) is 5.91 Å². The molecule has 0 fully saturated rings. The van der Waals surface area contributed by atoms with Crippen molar-refractivity contribution in [1.82, 2.24) is 0 Å². The third-order valence-corrected chi connectivity index (χ3v) is 4.40. The van der Waals surface area contributed by atoms with E-state index in [2.05, 4.69) is 47.7 Å². The van der Waals surface area contributed by atoms with Crippen LogP contribution in [0.25, 0.3) is 0 Å². The Morgan fingerprint density at radius 3 is 2.74 bits per heavy atom. The number of anilines is 1. The van der Waals surface area contributed by atoms with E-state index in [-0.39, 0.29) is 0 Å². The van der Waals surface area contributed by atoms with Crippen molar-refractivity contribution >= 4 is 34.2 Å². The number of nitrogens with zero attached hydrogens (tertiary/aromatic N) is 1. The summed E-state index contributed by atoms with van der Waals surface area (Å²) in [6.07, 6.45) is 7.79. The number of unbranched alkanes of at least 4 members (excludes halogenated alkanes) is 4. The van der Waals surface area contributed by atoms with Gasteiger partial charge in [0.25, 0.3) is 0 Å². The maximum atomic E-state index is 12.1. The van der Waals surface area contributed by atoms with Crippen molar-refractivity contribution in [3.8, 4) is 0 Å². The van der Waals surface area contributed by atoms with Gasteiger partial charge < -0.3 is 4.90 Å². The number of fused-ring (bicyclic) bond motifs is 1. The van der Waals surface area contributed by atoms with Crippen molar-refractivity contribution in [2.45, 2.75) is 51.9 Å². The summed E-state index contributed by atoms with van der Waals surface area (Å²) >= 11 is 2.34. The molecule has 1 aliphatic rings. The minimum atomic E-state index is 0.296. The van der Waals surface area contributed by atoms with Gasteiger partial charge in [0.05, 0.1) is 0 Å². The number of amides is 1. The molecule has 104 valence electrons. The Morgan fingerprint density at radius 2 is 1.95 bits per heavy atom. The summed E-state index contributed by atoms with van der Waals surface area (Å²) in [7, 11) is 0. The molecule has 0 saturated heterocycles. The summed E-state index contributed by atoms with van der Waals surface area (Å²) < 4.78 is 1.26. The molecule has 0 radical (unpaired) electrons. The molecule has 1 aromatic rings. The number of carbonyl (C=O) groups excluding carboxylic acids is 1. The predicted octanol–water partition coefficient (Wildman–Crippen LogP) is 4.54. The van der Waals surface area contributed by atoms with Crippen LogP contribution < -0.4 is 4.90 Å². The Hall–Kier alpha value is -0.580. The SMILES string of the molecule is CCCCCCCN1C(=O)CCc2cc(I)ccc21. The Labute approximate surface area is 129 Å². The minimum Gasteiger partial charge on any atom is -0.312 e. The number of halogens is 1. The zero-order chi connectivity index (χ0) is 13.7. The Kier molecular flexibility index (Phi) is 5.67. The van der Waals surface area contributed by atoms with Crippen LogP contribution >= 0.6 is 22.6 Å². The number of aryl methyl sites for hydroxylation is 1. The lowest BCUT2D eigenvalue weighted by molar-refractivity contribution is -0.118. The molecule has 1 aromatic carbocycles. The molecular formula is C16H22INO. The Bertz CT molecular complexity index is 444. The molecule has 1 heterocycles. The lowest BCUT2D eigenvalue weighted by Gasteiger charge is -2.29. The number of benzene rings is 1. The second-order valence-electron chi connectivity index (χ2n) is 5.23. The van der Waals surface area contributed by atoms with E-state index in [1.54, 1.807) is 0 Å². The average Bonchev–Trinajstić information content (AvgIpc) is 2.41. The zero-order valence-electron chi connectivity index (χ0n) is 11.6. The van der Waals surface area contributed by atoms with Gasteiger partial charge >= 0.3 is 0 Å². The normalized spacial score (nSPS) is 14.6. The monoisotopic (exact) mass is 371 g/mol. The quantitative estimate of drug-likeness (QED) is 0.531. The summed E-state index contributed by atoms with van der Waals surface area (Å²) in [4.78, 5) is 14.1. The number of carbonyl (C=O) groups is 1. The molecule has 1 amide bonds. The van der Waals surface area contributed by atoms with Gasteiger partial charge in [-0.05, 0) is 59.2 Å². The third-order valence-electron chi connectivity index (χ3n) is 3.73. The molecule has 0 aromatic heterocycles. The van der Waals surface area contributed by atoms with E-state index in [0.29, 0.717) is 12.3 Å². The van der Waals surface area contributed by atoms with Crippen LogP contribution in [0.15, 0.2) is 18.2 Å². The van der Waals surface area contributed by atoms with Crippen molar-refractivity contribution in [2.24, 2.45) is 0 Å². The molecule has 0 atom stereocenters. The highest BCUT2D eigenvalue weighted by molar-refractivity contribution is 14.1. The van der Waals surface area contributed by atoms with E-state index in [1.807, 2.05) is 4.90 Å². The second-order valence-corrected chi connectivity index (χ2v) is 6.48. The topological polar surface area (TPSA) is 20.3 Å². The first-order valence-corrected chi connectivity index (χ1v) is 8.39. The molecule has 19 heavy (non-hydrogen) atoms. The van der Waals surface area contributed by atoms with Crippen molar-refractivity contribution < 1.29 is 4.79 Å². The van der Waals surface area contributed by atoms with E-state index >= 15 is 0 Å². The molecule has 2 rings (SSSR count). The van der Waals surface area contributed by atoms with Crippen LogP contribution in [0.1, 0.15) is 51.0 Å². The van der Waals surface area contributed by atoms with Crippen LogP contribution in [-0.2, 0) is 11.2 Å². The van der Waals surface area contributed by atoms with Gasteiger partial charge in [-0.3, -0.25) is 4.79 Å². The predicted molar refractivity (Wildman–Crippen MR) is 88.6 cm³/mol. The molecular weight excluding hydrogens is 349 g/mol. The van der Waals surface area contributed by atoms with Gasteiger partial charge in [0, 0.05) is 22.2 Å². The molecule has 0 N–H and O–H groups in total. The maximum Gasteiger partial charge on any atom is 0.227 e. The van der Waals surface area contributed by atoms with Crippen molar-refractivity contribution in [3.05, 3.63) is 27.3 Å². The average molecular weight is 371 g/mol. The van der Waals surface area contributed by atoms with Gasteiger partial charge in [-0.25, -0.2) is 0 Å². The van der Waals surface area contributed by atoms with Crippen molar-refractivity contribution in [1.29, 1.82) is 0 Å². The zero-order valence-corrected chi connectivity index (χ0v) is 13.8. The van der Waals surface area contributed by atoms with Crippen LogP contribution in [0.5, 0.6) is 0 Å². The maximum absolute atomic E-state index is 12.1. The fraction of sp³-hybridized carbons (Fsp3) is 0.562. The van der Waals surface area contributed by atoms with Crippen LogP contribution in [0.4, 0.5) is 5.69 Å². The summed E-state index contributed by atoms with van der Waals surface area (Å²) in [5, 5.41) is 0. The van der Waals surface area contributed by atoms with E-state index in [1.165, 1.54) is 34.8 Å². The van der Waals surface area contributed by atoms with Gasteiger partial charge in [-0.1, -0.05) is 32.6 Å². The summed E-state index contributed by atoms with van der Waals surface area (Å²) in [5.41, 5.74) is 2.48. The van der Waals surface area contributed by atoms with Gasteiger partial charge in [-0.2, -0.15) is 0 Å². The molecule has 1 aliphatic heterocycles. The molecule has 0 aliphatic carbocycles. The second kappa shape index (κ2) is 7.27. The summed E-state index contributed by atoms with van der Waals surface area (Å²) in [6, 6.07) is 6.43. The van der Waals surface area contributed by atoms with Crippen LogP contribution in [-0.4, -0.2) is 12.5 Å². The highest BCUT2D eigenvalue weighted by Crippen LogP contribution is 2.29. The van der Waals surface area contributed by atoms with E-state index in [0.717, 1.165) is 25.1 Å². The van der Waals surface area contributed by atoms with Crippen molar-refractivity contribution in [2.75, 3.05) is 11.4 Å². The first-order valence-electron chi connectivity index (χ1n) is 7.31. The van der Waals surface area contributed by atoms with E-state index < -0.39 is 0 Å². The molecule has 0 bridgehead atoms. The number of hydrogen-bond donors (Lipinski definition) is 0. The van der Waals surface area contributed by atoms with Gasteiger partial charge in [-0.15, -0.1) is 0 Å². The van der Waals surface area contributed by atoms with Gasteiger partial charge in [0.15, 0.2) is 0 Å². The lowest BCUT2D eigenvalue weighted by Crippen LogP contribution is -2.35. The third kappa shape index (κ3) is 3.94. The first kappa shape index (κ1) is 14.8. The number of hydrogen-bond acceptors (Lipinski definition) is 1. The van der Waals surface area contributed by atoms with Crippen LogP contribution in [0, 0.1) is 3.57 Å². The fourth-order valence-electron chi connectivity index (χ4n) is 2.65. The van der Waals surface area contributed by atoms with Gasteiger partial charge in [0.1, 0.15) is 0 Å². The molecule has 3 heteroatoms. The number of rotatable bonds is 6. The molecule has 2 nitrogen and oxygen atoms in total. The molecule has 0 saturated carbocycles. The largest absolute Gasteiger partial charge is 0.312 e. The van der Waals surface area contributed by atoms with E-state index in [4.69, 9.17) is 0 Å². The Balaban J connectivity index is 1.98. The highest BCUT2D eigenvalue weighted by Gasteiger charge is 2.23. The molecule has 0 spiro atoms. The fourth-order valence-corrected chi connectivity index (χ4v) is 3.20. The van der Waals surface area contributed by atoms with Crippen molar-refractivity contribution in [3.63, 3.8) is 0 Å². The highest BCUT2D eigenvalue weighted by atomic mass is 127. The van der Waals surface area contributed by atoms with Crippen LogP contribution in [0.3, 0.4) is 0 Å².